The number of aliphatic hydroxyl groups is 2. The van der Waals surface area contributed by atoms with Crippen LogP contribution in [-0.2, 0) is 29.3 Å². The maximum absolute atomic E-state index is 14.2. The Kier molecular flexibility index (Phi) is 14.4. The van der Waals surface area contributed by atoms with Crippen molar-refractivity contribution in [1.29, 1.82) is 0 Å². The van der Waals surface area contributed by atoms with Crippen LogP contribution >= 0.6 is 0 Å². The van der Waals surface area contributed by atoms with Crippen LogP contribution in [0.3, 0.4) is 0 Å². The molecule has 4 fully saturated rings. The largest absolute Gasteiger partial charge is 0.489 e. The van der Waals surface area contributed by atoms with E-state index >= 15 is 0 Å². The number of ketones is 1. The molecule has 1 heterocycles. The van der Waals surface area contributed by atoms with Gasteiger partial charge >= 0.3 is 0 Å². The third-order valence-corrected chi connectivity index (χ3v) is 13.0. The highest BCUT2D eigenvalue weighted by Gasteiger charge is 2.56. The van der Waals surface area contributed by atoms with Gasteiger partial charge in [-0.2, -0.15) is 5.06 Å². The number of hydrogen-bond donors (Lipinski definition) is 2. The molecule has 0 amide bonds. The van der Waals surface area contributed by atoms with Gasteiger partial charge in [0.25, 0.3) is 0 Å². The van der Waals surface area contributed by atoms with Crippen LogP contribution in [0.2, 0.25) is 0 Å². The smallest absolute Gasteiger partial charge is 0.152 e. The van der Waals surface area contributed by atoms with E-state index in [1.807, 2.05) is 12.1 Å². The van der Waals surface area contributed by atoms with Crippen LogP contribution in [0.1, 0.15) is 90.3 Å². The van der Waals surface area contributed by atoms with Gasteiger partial charge in [0.15, 0.2) is 5.78 Å². The van der Waals surface area contributed by atoms with E-state index < -0.39 is 24.2 Å². The molecule has 0 spiro atoms. The number of carbonyl (C=O) groups excluding carboxylic acids is 1. The van der Waals surface area contributed by atoms with Gasteiger partial charge in [-0.3, -0.25) is 14.5 Å². The average molecular weight is 732 g/mol. The summed E-state index contributed by atoms with van der Waals surface area (Å²) in [6.07, 6.45) is 5.29. The number of ether oxygens (including phenoxy) is 1. The summed E-state index contributed by atoms with van der Waals surface area (Å²) >= 11 is 0. The zero-order chi connectivity index (χ0) is 38.4. The molecule has 294 valence electrons. The summed E-state index contributed by atoms with van der Waals surface area (Å²) in [6.45, 7) is 20.4. The second-order valence-corrected chi connectivity index (χ2v) is 17.9. The highest BCUT2D eigenvalue weighted by molar-refractivity contribution is 5.84. The molecule has 9 atom stereocenters. The van der Waals surface area contributed by atoms with E-state index in [1.165, 1.54) is 18.4 Å². The van der Waals surface area contributed by atoms with Gasteiger partial charge < -0.3 is 19.8 Å². The Hall–Kier alpha value is -2.59. The Bertz CT molecular complexity index is 1480. The Morgan fingerprint density at radius 1 is 1.09 bits per heavy atom. The van der Waals surface area contributed by atoms with Crippen LogP contribution in [-0.4, -0.2) is 89.0 Å². The maximum Gasteiger partial charge on any atom is 0.152 e. The van der Waals surface area contributed by atoms with E-state index in [0.717, 1.165) is 61.2 Å². The molecule has 3 saturated carbocycles. The van der Waals surface area contributed by atoms with Crippen LogP contribution in [0.25, 0.3) is 0 Å². The van der Waals surface area contributed by atoms with Crippen molar-refractivity contribution in [2.45, 2.75) is 118 Å². The quantitative estimate of drug-likeness (QED) is 0.137. The SMILES string of the molecule is C=CCOc1ccccc1CN(Cc1cccc(CN2O[C@@H](CO)C([C@H](C)O)[C@H]2C(=O)CC[C@H]2C[C@H]3C[C@@H](C2C)C3(C)C)c1)[C@@H](CC(C)C)CN(C)C. The number of carbonyl (C=O) groups is 1. The molecule has 0 aromatic heterocycles. The second-order valence-electron chi connectivity index (χ2n) is 17.9. The third-order valence-electron chi connectivity index (χ3n) is 13.0. The fraction of sp³-hybridized carbons (Fsp3) is 0.667. The summed E-state index contributed by atoms with van der Waals surface area (Å²) in [5.41, 5.74) is 3.78. The summed E-state index contributed by atoms with van der Waals surface area (Å²) in [7, 11) is 4.28. The van der Waals surface area contributed by atoms with Crippen molar-refractivity contribution in [3.63, 3.8) is 0 Å². The Morgan fingerprint density at radius 3 is 2.47 bits per heavy atom. The average Bonchev–Trinajstić information content (AvgIpc) is 3.48. The number of hydroxylamine groups is 2. The highest BCUT2D eigenvalue weighted by Crippen LogP contribution is 2.63. The van der Waals surface area contributed by atoms with Crippen LogP contribution in [0, 0.1) is 40.9 Å². The monoisotopic (exact) mass is 732 g/mol. The van der Waals surface area contributed by atoms with Gasteiger partial charge in [0.05, 0.1) is 12.7 Å². The van der Waals surface area contributed by atoms with Crippen molar-refractivity contribution in [3.8, 4) is 5.75 Å². The van der Waals surface area contributed by atoms with Crippen molar-refractivity contribution < 1.29 is 24.6 Å². The van der Waals surface area contributed by atoms with Crippen molar-refractivity contribution in [1.82, 2.24) is 14.9 Å². The number of hydrogen-bond acceptors (Lipinski definition) is 8. The van der Waals surface area contributed by atoms with Gasteiger partial charge in [-0.1, -0.05) is 89.7 Å². The molecule has 3 aliphatic carbocycles. The van der Waals surface area contributed by atoms with Crippen LogP contribution in [0.5, 0.6) is 5.75 Å². The van der Waals surface area contributed by atoms with E-state index in [0.29, 0.717) is 48.8 Å². The van der Waals surface area contributed by atoms with Crippen molar-refractivity contribution in [2.24, 2.45) is 40.9 Å². The number of likely N-dealkylation sites (N-methyl/N-ethyl adjacent to an activating group) is 1. The summed E-state index contributed by atoms with van der Waals surface area (Å²) in [5, 5.41) is 23.0. The molecule has 1 saturated heterocycles. The lowest BCUT2D eigenvalue weighted by Crippen LogP contribution is -2.55. The number of benzene rings is 2. The fourth-order valence-corrected chi connectivity index (χ4v) is 10.1. The first-order valence-electron chi connectivity index (χ1n) is 20.3. The lowest BCUT2D eigenvalue weighted by molar-refractivity contribution is -0.181. The number of aliphatic hydroxyl groups excluding tert-OH is 2. The fourth-order valence-electron chi connectivity index (χ4n) is 10.1. The number of para-hydroxylation sites is 1. The van der Waals surface area contributed by atoms with Gasteiger partial charge in [-0.25, -0.2) is 0 Å². The molecule has 53 heavy (non-hydrogen) atoms. The maximum atomic E-state index is 14.2. The molecule has 1 aliphatic heterocycles. The molecular formula is C45H69N3O5. The van der Waals surface area contributed by atoms with Gasteiger partial charge in [0.2, 0.25) is 0 Å². The zero-order valence-electron chi connectivity index (χ0n) is 33.9. The van der Waals surface area contributed by atoms with Crippen LogP contribution in [0.4, 0.5) is 0 Å². The lowest BCUT2D eigenvalue weighted by atomic mass is 9.43. The van der Waals surface area contributed by atoms with E-state index in [4.69, 9.17) is 9.57 Å². The molecule has 0 radical (unpaired) electrons. The number of rotatable bonds is 20. The van der Waals surface area contributed by atoms with Gasteiger partial charge in [-0.15, -0.1) is 0 Å². The van der Waals surface area contributed by atoms with Gasteiger partial charge in [0, 0.05) is 50.1 Å². The van der Waals surface area contributed by atoms with Crippen LogP contribution < -0.4 is 4.74 Å². The lowest BCUT2D eigenvalue weighted by Gasteiger charge is -2.62. The summed E-state index contributed by atoms with van der Waals surface area (Å²) < 4.78 is 6.08. The van der Waals surface area contributed by atoms with E-state index in [9.17, 15) is 15.0 Å². The first-order chi connectivity index (χ1) is 25.2. The summed E-state index contributed by atoms with van der Waals surface area (Å²) in [5.74, 6) is 3.69. The first-order valence-corrected chi connectivity index (χ1v) is 20.3. The Balaban J connectivity index is 1.35. The molecule has 2 aromatic rings. The van der Waals surface area contributed by atoms with Gasteiger partial charge in [0.1, 0.15) is 24.5 Å². The van der Waals surface area contributed by atoms with Crippen molar-refractivity contribution in [2.75, 3.05) is 33.9 Å². The van der Waals surface area contributed by atoms with Crippen molar-refractivity contribution >= 4 is 5.78 Å². The zero-order valence-corrected chi connectivity index (χ0v) is 33.9. The van der Waals surface area contributed by atoms with Gasteiger partial charge in [-0.05, 0) is 98.9 Å². The number of nitrogens with zero attached hydrogens (tertiary/aromatic N) is 3. The number of fused-ring (bicyclic) bond motifs is 2. The topological polar surface area (TPSA) is 85.7 Å². The molecule has 8 nitrogen and oxygen atoms in total. The molecular weight excluding hydrogens is 663 g/mol. The Morgan fingerprint density at radius 2 is 1.83 bits per heavy atom. The molecule has 2 bridgehead atoms. The number of Topliss-reactive ketones (excluding diaryl/α,β-unsaturated/α-hetero) is 1. The summed E-state index contributed by atoms with van der Waals surface area (Å²) in [4.78, 5) is 25.3. The summed E-state index contributed by atoms with van der Waals surface area (Å²) in [6, 6.07) is 16.6. The minimum atomic E-state index is -0.791. The standard InChI is InChI=1S/C45H69N3O5/c1-10-20-52-41-17-12-11-16-36(41)27-47(38(21-30(2)3)28-46(8)9)25-33-14-13-15-34(22-33)26-48-44(43(32(5)50)42(29-49)53-48)40(51)19-18-35-23-37-24-39(31(35)4)45(37,6)7/h10-17,22,30-32,35,37-39,42-44,49-50H,1,18-21,23-29H2,2-9H3/t31?,32-,35-,37-,38-,39-,42-,43?,44+/m0/s1. The molecule has 6 rings (SSSR count). The van der Waals surface area contributed by atoms with E-state index in [1.54, 1.807) is 18.1 Å². The predicted molar refractivity (Wildman–Crippen MR) is 213 cm³/mol. The molecule has 8 heteroatoms. The van der Waals surface area contributed by atoms with Crippen LogP contribution in [0.15, 0.2) is 61.2 Å². The molecule has 2 aromatic carbocycles. The molecule has 4 aliphatic rings. The minimum absolute atomic E-state index is 0.109. The van der Waals surface area contributed by atoms with E-state index in [2.05, 4.69) is 101 Å². The molecule has 2 N–H and O–H groups in total. The third kappa shape index (κ3) is 10.00. The van der Waals surface area contributed by atoms with E-state index in [-0.39, 0.29) is 12.4 Å². The first kappa shape index (κ1) is 41.6. The Labute approximate surface area is 320 Å². The highest BCUT2D eigenvalue weighted by atomic mass is 16.7. The molecule has 2 unspecified atom stereocenters. The van der Waals surface area contributed by atoms with Crippen molar-refractivity contribution in [3.05, 3.63) is 77.9 Å². The minimum Gasteiger partial charge on any atom is -0.489 e. The normalized spacial score (nSPS) is 27.9. The predicted octanol–water partition coefficient (Wildman–Crippen LogP) is 7.37. The second kappa shape index (κ2) is 18.4.